The molecular weight excluding hydrogens is 392 g/mol. The van der Waals surface area contributed by atoms with Crippen LogP contribution in [0.3, 0.4) is 0 Å². The number of aryl methyl sites for hydroxylation is 1. The Kier molecular flexibility index (Phi) is 6.43. The first-order valence-electron chi connectivity index (χ1n) is 11.0. The Morgan fingerprint density at radius 1 is 1.42 bits per heavy atom. The fourth-order valence-corrected chi connectivity index (χ4v) is 4.56. The third-order valence-corrected chi connectivity index (χ3v) is 5.86. The first-order valence-corrected chi connectivity index (χ1v) is 11.0. The van der Waals surface area contributed by atoms with Crippen molar-refractivity contribution in [3.8, 4) is 0 Å². The van der Waals surface area contributed by atoms with Crippen LogP contribution in [0, 0.1) is 12.8 Å². The van der Waals surface area contributed by atoms with E-state index < -0.39 is 0 Å². The molecule has 0 bridgehead atoms. The summed E-state index contributed by atoms with van der Waals surface area (Å²) in [6.07, 6.45) is 3.78. The van der Waals surface area contributed by atoms with E-state index in [0.717, 1.165) is 17.9 Å². The number of aromatic nitrogens is 2. The maximum Gasteiger partial charge on any atom is 0.237 e. The van der Waals surface area contributed by atoms with Gasteiger partial charge < -0.3 is 19.1 Å². The minimum atomic E-state index is -0.290. The van der Waals surface area contributed by atoms with Crippen molar-refractivity contribution in [3.05, 3.63) is 53.0 Å². The number of methoxy groups -OCH3 is 1. The van der Waals surface area contributed by atoms with Gasteiger partial charge in [0.05, 0.1) is 19.2 Å². The minimum absolute atomic E-state index is 0.0200. The number of carbonyl (C=O) groups is 1. The van der Waals surface area contributed by atoms with E-state index in [1.165, 1.54) is 22.0 Å². The van der Waals surface area contributed by atoms with Gasteiger partial charge in [-0.3, -0.25) is 10.1 Å². The molecule has 1 amide bonds. The quantitative estimate of drug-likeness (QED) is 0.542. The van der Waals surface area contributed by atoms with E-state index in [0.29, 0.717) is 32.0 Å². The standard InChI is InChI=1S/C24H32N4O3/c1-15(2)10-20-19-6-5-7-22-23(19)17(12-21(26-20)24(29)25-8-9-30-4)13-28(22)14-18-11-16(3)31-27-18/h5-7,11,13,15,20-21,26H,8-10,12,14H2,1-4H3,(H,25,29)/t20-,21-/m0/s1. The Hall–Kier alpha value is -2.64. The molecule has 166 valence electrons. The fraction of sp³-hybridized carbons (Fsp3) is 0.500. The summed E-state index contributed by atoms with van der Waals surface area (Å²) in [5.41, 5.74) is 4.53. The molecule has 3 heterocycles. The lowest BCUT2D eigenvalue weighted by atomic mass is 9.94. The summed E-state index contributed by atoms with van der Waals surface area (Å²) >= 11 is 0. The van der Waals surface area contributed by atoms with Crippen molar-refractivity contribution < 1.29 is 14.1 Å². The Morgan fingerprint density at radius 3 is 2.97 bits per heavy atom. The average Bonchev–Trinajstić information content (AvgIpc) is 3.25. The van der Waals surface area contributed by atoms with E-state index in [4.69, 9.17) is 9.26 Å². The molecule has 0 fully saturated rings. The van der Waals surface area contributed by atoms with Crippen LogP contribution in [0.2, 0.25) is 0 Å². The maximum absolute atomic E-state index is 13.0. The van der Waals surface area contributed by atoms with E-state index in [2.05, 4.69) is 58.6 Å². The molecule has 31 heavy (non-hydrogen) atoms. The van der Waals surface area contributed by atoms with Gasteiger partial charge in [0, 0.05) is 42.9 Å². The van der Waals surface area contributed by atoms with E-state index in [1.807, 2.05) is 13.0 Å². The molecule has 3 aromatic rings. The van der Waals surface area contributed by atoms with Gasteiger partial charge in [-0.25, -0.2) is 0 Å². The molecule has 0 aliphatic carbocycles. The first-order chi connectivity index (χ1) is 15.0. The highest BCUT2D eigenvalue weighted by Crippen LogP contribution is 2.36. The van der Waals surface area contributed by atoms with Crippen LogP contribution in [-0.4, -0.2) is 41.9 Å². The van der Waals surface area contributed by atoms with E-state index >= 15 is 0 Å². The second kappa shape index (κ2) is 9.24. The van der Waals surface area contributed by atoms with Crippen LogP contribution in [0.5, 0.6) is 0 Å². The number of rotatable bonds is 8. The first kappa shape index (κ1) is 21.6. The van der Waals surface area contributed by atoms with Gasteiger partial charge in [-0.1, -0.05) is 31.1 Å². The summed E-state index contributed by atoms with van der Waals surface area (Å²) in [5, 5.41) is 12.1. The zero-order chi connectivity index (χ0) is 22.0. The molecule has 0 spiro atoms. The van der Waals surface area contributed by atoms with Gasteiger partial charge in [-0.2, -0.15) is 0 Å². The van der Waals surface area contributed by atoms with Crippen molar-refractivity contribution in [1.29, 1.82) is 0 Å². The normalized spacial score (nSPS) is 18.5. The predicted molar refractivity (Wildman–Crippen MR) is 120 cm³/mol. The lowest BCUT2D eigenvalue weighted by Crippen LogP contribution is -2.47. The van der Waals surface area contributed by atoms with Crippen LogP contribution in [0.15, 0.2) is 35.0 Å². The molecule has 1 aliphatic rings. The highest BCUT2D eigenvalue weighted by Gasteiger charge is 2.30. The molecule has 7 nitrogen and oxygen atoms in total. The lowest BCUT2D eigenvalue weighted by molar-refractivity contribution is -0.123. The molecule has 2 aromatic heterocycles. The number of nitrogens with zero attached hydrogens (tertiary/aromatic N) is 2. The van der Waals surface area contributed by atoms with Crippen LogP contribution >= 0.6 is 0 Å². The molecule has 2 atom stereocenters. The Labute approximate surface area is 183 Å². The zero-order valence-electron chi connectivity index (χ0n) is 18.8. The third kappa shape index (κ3) is 4.67. The largest absolute Gasteiger partial charge is 0.383 e. The second-order valence-electron chi connectivity index (χ2n) is 8.84. The molecule has 0 saturated carbocycles. The number of nitrogens with one attached hydrogen (secondary N) is 2. The van der Waals surface area contributed by atoms with Crippen LogP contribution in [0.25, 0.3) is 10.9 Å². The van der Waals surface area contributed by atoms with Crippen LogP contribution < -0.4 is 10.6 Å². The summed E-state index contributed by atoms with van der Waals surface area (Å²) in [7, 11) is 1.64. The topological polar surface area (TPSA) is 81.3 Å². The number of ether oxygens (including phenoxy) is 1. The summed E-state index contributed by atoms with van der Waals surface area (Å²) in [6, 6.07) is 8.26. The molecule has 4 rings (SSSR count). The molecule has 0 radical (unpaired) electrons. The average molecular weight is 425 g/mol. The third-order valence-electron chi connectivity index (χ3n) is 5.86. The fourth-order valence-electron chi connectivity index (χ4n) is 4.56. The van der Waals surface area contributed by atoms with E-state index in [1.54, 1.807) is 7.11 Å². The minimum Gasteiger partial charge on any atom is -0.383 e. The Bertz CT molecular complexity index is 1050. The summed E-state index contributed by atoms with van der Waals surface area (Å²) < 4.78 is 12.6. The monoisotopic (exact) mass is 424 g/mol. The number of carbonyl (C=O) groups excluding carboxylic acids is 1. The molecule has 2 N–H and O–H groups in total. The van der Waals surface area contributed by atoms with Gasteiger partial charge in [0.15, 0.2) is 0 Å². The summed E-state index contributed by atoms with van der Waals surface area (Å²) in [5.74, 6) is 1.33. The predicted octanol–water partition coefficient (Wildman–Crippen LogP) is 3.35. The van der Waals surface area contributed by atoms with Crippen molar-refractivity contribution in [2.75, 3.05) is 20.3 Å². The summed E-state index contributed by atoms with van der Waals surface area (Å²) in [4.78, 5) is 13.0. The Morgan fingerprint density at radius 2 is 2.26 bits per heavy atom. The molecule has 0 saturated heterocycles. The van der Waals surface area contributed by atoms with Crippen LogP contribution in [0.4, 0.5) is 0 Å². The molecule has 1 aromatic carbocycles. The second-order valence-corrected chi connectivity index (χ2v) is 8.84. The van der Waals surface area contributed by atoms with Crippen LogP contribution in [0.1, 0.15) is 48.9 Å². The van der Waals surface area contributed by atoms with Crippen LogP contribution in [-0.2, 0) is 22.5 Å². The molecule has 1 aliphatic heterocycles. The van der Waals surface area contributed by atoms with Crippen molar-refractivity contribution >= 4 is 16.8 Å². The van der Waals surface area contributed by atoms with E-state index in [-0.39, 0.29) is 18.0 Å². The number of benzene rings is 1. The smallest absolute Gasteiger partial charge is 0.237 e. The van der Waals surface area contributed by atoms with Crippen molar-refractivity contribution in [1.82, 2.24) is 20.4 Å². The van der Waals surface area contributed by atoms with Gasteiger partial charge in [-0.15, -0.1) is 0 Å². The van der Waals surface area contributed by atoms with Crippen molar-refractivity contribution in [3.63, 3.8) is 0 Å². The van der Waals surface area contributed by atoms with Gasteiger partial charge >= 0.3 is 0 Å². The van der Waals surface area contributed by atoms with Crippen molar-refractivity contribution in [2.45, 2.75) is 52.2 Å². The lowest BCUT2D eigenvalue weighted by Gasteiger charge is -2.25. The highest BCUT2D eigenvalue weighted by molar-refractivity contribution is 5.90. The molecule has 0 unspecified atom stereocenters. The molecule has 7 heteroatoms. The van der Waals surface area contributed by atoms with Gasteiger partial charge in [-0.05, 0) is 42.9 Å². The number of hydrogen-bond acceptors (Lipinski definition) is 5. The van der Waals surface area contributed by atoms with E-state index in [9.17, 15) is 4.79 Å². The van der Waals surface area contributed by atoms with Gasteiger partial charge in [0.25, 0.3) is 0 Å². The maximum atomic E-state index is 13.0. The Balaban J connectivity index is 1.72. The highest BCUT2D eigenvalue weighted by atomic mass is 16.5. The molecular formula is C24H32N4O3. The van der Waals surface area contributed by atoms with Gasteiger partial charge in [0.2, 0.25) is 5.91 Å². The number of amides is 1. The number of hydrogen-bond donors (Lipinski definition) is 2. The van der Waals surface area contributed by atoms with Crippen molar-refractivity contribution in [2.24, 2.45) is 5.92 Å². The van der Waals surface area contributed by atoms with Gasteiger partial charge in [0.1, 0.15) is 11.5 Å². The zero-order valence-corrected chi connectivity index (χ0v) is 18.8. The SMILES string of the molecule is COCCNC(=O)[C@@H]1Cc2cn(Cc3cc(C)on3)c3cccc(c23)[C@H](CC(C)C)N1. The summed E-state index contributed by atoms with van der Waals surface area (Å²) in [6.45, 7) is 8.01.